The van der Waals surface area contributed by atoms with Gasteiger partial charge in [-0.05, 0) is 12.2 Å². The fraction of sp³-hybridized carbons (Fsp3) is 0. The first-order chi connectivity index (χ1) is 7.27. The van der Waals surface area contributed by atoms with Crippen LogP contribution in [0.1, 0.15) is 5.69 Å². The summed E-state index contributed by atoms with van der Waals surface area (Å²) >= 11 is 4.59. The summed E-state index contributed by atoms with van der Waals surface area (Å²) in [5, 5.41) is 3.89. The Morgan fingerprint density at radius 1 is 1.53 bits per heavy atom. The molecule has 0 saturated carbocycles. The van der Waals surface area contributed by atoms with Gasteiger partial charge in [-0.15, -0.1) is 0 Å². The number of hydrogen-bond donors (Lipinski definition) is 3. The number of aromatic amines is 1. The molecule has 0 saturated heterocycles. The molecule has 0 spiro atoms. The molecule has 0 aliphatic carbocycles. The van der Waals surface area contributed by atoms with E-state index in [4.69, 9.17) is 5.73 Å². The maximum absolute atomic E-state index is 5.20. The third kappa shape index (κ3) is 2.05. The predicted molar refractivity (Wildman–Crippen MR) is 59.2 cm³/mol. The van der Waals surface area contributed by atoms with Gasteiger partial charge in [0.1, 0.15) is 17.5 Å². The average molecular weight is 221 g/mol. The molecule has 76 valence electrons. The van der Waals surface area contributed by atoms with Crippen molar-refractivity contribution >= 4 is 34.7 Å². The van der Waals surface area contributed by atoms with Crippen LogP contribution in [0.2, 0.25) is 0 Å². The lowest BCUT2D eigenvalue weighted by atomic mass is 10.4. The van der Waals surface area contributed by atoms with Crippen LogP contribution in [-0.4, -0.2) is 31.3 Å². The van der Waals surface area contributed by atoms with Crippen molar-refractivity contribution in [2.24, 2.45) is 10.8 Å². The number of imidazole rings is 1. The van der Waals surface area contributed by atoms with Crippen LogP contribution < -0.4 is 11.2 Å². The van der Waals surface area contributed by atoms with Crippen molar-refractivity contribution in [3.8, 4) is 0 Å². The molecule has 0 unspecified atom stereocenters. The molecule has 2 aromatic heterocycles. The Bertz CT molecular complexity index is 517. The maximum atomic E-state index is 5.20. The molecule has 0 atom stereocenters. The Morgan fingerprint density at radius 3 is 3.20 bits per heavy atom. The van der Waals surface area contributed by atoms with Crippen LogP contribution in [0.25, 0.3) is 11.2 Å². The zero-order valence-electron chi connectivity index (χ0n) is 7.51. The minimum Gasteiger partial charge on any atom is -0.375 e. The maximum Gasteiger partial charge on any atom is 0.184 e. The van der Waals surface area contributed by atoms with Crippen LogP contribution in [0.15, 0.2) is 17.8 Å². The molecule has 0 aliphatic rings. The minimum atomic E-state index is 0.0983. The molecule has 7 nitrogen and oxygen atoms in total. The van der Waals surface area contributed by atoms with Gasteiger partial charge in [0.2, 0.25) is 0 Å². The number of hydrazone groups is 1. The number of thiocarbonyl (C=S) groups is 1. The van der Waals surface area contributed by atoms with Gasteiger partial charge in [0.25, 0.3) is 0 Å². The van der Waals surface area contributed by atoms with Crippen LogP contribution >= 0.6 is 12.2 Å². The molecule has 0 amide bonds. The molecular formula is C7H7N7S. The Hall–Kier alpha value is -2.09. The summed E-state index contributed by atoms with van der Waals surface area (Å²) in [5.41, 5.74) is 9.55. The number of nitrogens with one attached hydrogen (secondary N) is 2. The van der Waals surface area contributed by atoms with Gasteiger partial charge in [-0.25, -0.2) is 15.0 Å². The van der Waals surface area contributed by atoms with Crippen molar-refractivity contribution < 1.29 is 0 Å². The number of hydrogen-bond acceptors (Lipinski definition) is 5. The van der Waals surface area contributed by atoms with E-state index in [0.717, 1.165) is 0 Å². The average Bonchev–Trinajstić information content (AvgIpc) is 2.65. The van der Waals surface area contributed by atoms with E-state index in [1.807, 2.05) is 0 Å². The third-order valence-corrected chi connectivity index (χ3v) is 1.71. The Balaban J connectivity index is 2.31. The summed E-state index contributed by atoms with van der Waals surface area (Å²) in [6, 6.07) is 0. The molecule has 8 heteroatoms. The fourth-order valence-electron chi connectivity index (χ4n) is 1.04. The summed E-state index contributed by atoms with van der Waals surface area (Å²) < 4.78 is 0. The van der Waals surface area contributed by atoms with E-state index < -0.39 is 0 Å². The first-order valence-electron chi connectivity index (χ1n) is 4.00. The second-order valence-electron chi connectivity index (χ2n) is 2.59. The van der Waals surface area contributed by atoms with Crippen LogP contribution in [0.3, 0.4) is 0 Å². The molecule has 0 aliphatic heterocycles. The first kappa shape index (κ1) is 9.46. The van der Waals surface area contributed by atoms with Crippen molar-refractivity contribution in [3.05, 3.63) is 18.3 Å². The quantitative estimate of drug-likeness (QED) is 0.359. The highest BCUT2D eigenvalue weighted by atomic mass is 32.1. The summed E-state index contributed by atoms with van der Waals surface area (Å²) in [6.45, 7) is 0. The first-order valence-corrected chi connectivity index (χ1v) is 4.41. The van der Waals surface area contributed by atoms with E-state index in [1.165, 1.54) is 18.9 Å². The molecule has 0 fully saturated rings. The summed E-state index contributed by atoms with van der Waals surface area (Å²) in [7, 11) is 0. The summed E-state index contributed by atoms with van der Waals surface area (Å²) in [6.07, 6.45) is 4.43. The van der Waals surface area contributed by atoms with Crippen LogP contribution in [-0.2, 0) is 0 Å². The summed E-state index contributed by atoms with van der Waals surface area (Å²) in [5.74, 6) is 0. The molecule has 2 rings (SSSR count). The number of nitrogens with zero attached hydrogens (tertiary/aromatic N) is 4. The molecule has 15 heavy (non-hydrogen) atoms. The van der Waals surface area contributed by atoms with Crippen LogP contribution in [0, 0.1) is 0 Å². The van der Waals surface area contributed by atoms with Gasteiger partial charge in [0.15, 0.2) is 10.8 Å². The number of H-pyrrole nitrogens is 1. The largest absolute Gasteiger partial charge is 0.375 e. The standard InChI is InChI=1S/C7H7N7S/c8-7(15)14-13-1-4-5-6(11-2-9-4)12-3-10-5/h1-3H,(H3,8,14,15)(H,9,10,11,12). The minimum absolute atomic E-state index is 0.0983. The zero-order valence-corrected chi connectivity index (χ0v) is 8.32. The predicted octanol–water partition coefficient (Wildman–Crippen LogP) is -0.480. The van der Waals surface area contributed by atoms with Gasteiger partial charge in [0, 0.05) is 0 Å². The second kappa shape index (κ2) is 3.96. The van der Waals surface area contributed by atoms with E-state index in [1.54, 1.807) is 0 Å². The van der Waals surface area contributed by atoms with E-state index in [0.29, 0.717) is 16.9 Å². The smallest absolute Gasteiger partial charge is 0.184 e. The van der Waals surface area contributed by atoms with Gasteiger partial charge in [-0.2, -0.15) is 5.10 Å². The number of rotatable bonds is 2. The molecule has 0 radical (unpaired) electrons. The Labute approximate surface area is 89.8 Å². The molecule has 4 N–H and O–H groups in total. The van der Waals surface area contributed by atoms with Crippen LogP contribution in [0.5, 0.6) is 0 Å². The van der Waals surface area contributed by atoms with Gasteiger partial charge in [0.05, 0.1) is 12.5 Å². The second-order valence-corrected chi connectivity index (χ2v) is 3.03. The van der Waals surface area contributed by atoms with Crippen molar-refractivity contribution in [1.82, 2.24) is 25.4 Å². The molecule has 0 aromatic carbocycles. The van der Waals surface area contributed by atoms with E-state index in [-0.39, 0.29) is 5.11 Å². The van der Waals surface area contributed by atoms with Gasteiger partial charge >= 0.3 is 0 Å². The van der Waals surface area contributed by atoms with Crippen LogP contribution in [0.4, 0.5) is 0 Å². The molecule has 0 bridgehead atoms. The lowest BCUT2D eigenvalue weighted by molar-refractivity contribution is 1.04. The normalized spacial score (nSPS) is 10.9. The van der Waals surface area contributed by atoms with Crippen molar-refractivity contribution in [2.75, 3.05) is 0 Å². The number of fused-ring (bicyclic) bond motifs is 1. The SMILES string of the molecule is NC(=S)NN=Cc1ncnc2nc[nH]c12. The number of nitrogens with two attached hydrogens (primary N) is 1. The highest BCUT2D eigenvalue weighted by Crippen LogP contribution is 2.06. The topological polar surface area (TPSA) is 105 Å². The molecular weight excluding hydrogens is 214 g/mol. The van der Waals surface area contributed by atoms with Crippen molar-refractivity contribution in [3.63, 3.8) is 0 Å². The molecule has 2 heterocycles. The zero-order chi connectivity index (χ0) is 10.7. The summed E-state index contributed by atoms with van der Waals surface area (Å²) in [4.78, 5) is 14.9. The fourth-order valence-corrected chi connectivity index (χ4v) is 1.09. The lowest BCUT2D eigenvalue weighted by Gasteiger charge is -1.95. The van der Waals surface area contributed by atoms with Crippen molar-refractivity contribution in [2.45, 2.75) is 0 Å². The van der Waals surface area contributed by atoms with Gasteiger partial charge in [-0.3, -0.25) is 5.43 Å². The number of aromatic nitrogens is 4. The lowest BCUT2D eigenvalue weighted by Crippen LogP contribution is -2.24. The van der Waals surface area contributed by atoms with E-state index >= 15 is 0 Å². The monoisotopic (exact) mass is 221 g/mol. The Kier molecular flexibility index (Phi) is 2.50. The molecule has 2 aromatic rings. The van der Waals surface area contributed by atoms with Crippen molar-refractivity contribution in [1.29, 1.82) is 0 Å². The van der Waals surface area contributed by atoms with E-state index in [9.17, 15) is 0 Å². The van der Waals surface area contributed by atoms with Gasteiger partial charge < -0.3 is 10.7 Å². The van der Waals surface area contributed by atoms with E-state index in [2.05, 4.69) is 42.7 Å². The highest BCUT2D eigenvalue weighted by Gasteiger charge is 2.02. The Morgan fingerprint density at radius 2 is 2.40 bits per heavy atom. The van der Waals surface area contributed by atoms with Gasteiger partial charge in [-0.1, -0.05) is 0 Å². The highest BCUT2D eigenvalue weighted by molar-refractivity contribution is 7.80. The third-order valence-electron chi connectivity index (χ3n) is 1.61.